The number of hydrogen-bond donors (Lipinski definition) is 1. The Morgan fingerprint density at radius 3 is 2.75 bits per heavy atom. The highest BCUT2D eigenvalue weighted by Crippen LogP contribution is 2.37. The number of thiophene rings is 1. The number of rotatable bonds is 2. The molecular weight excluding hydrogens is 239 g/mol. The van der Waals surface area contributed by atoms with E-state index in [0.717, 1.165) is 4.88 Å². The highest BCUT2D eigenvalue weighted by atomic mass is 32.1. The molecule has 2 rings (SSSR count). The number of aryl methyl sites for hydroxylation is 1. The average molecular weight is 249 g/mol. The summed E-state index contributed by atoms with van der Waals surface area (Å²) in [6.45, 7) is 0.432. The third-order valence-electron chi connectivity index (χ3n) is 2.22. The summed E-state index contributed by atoms with van der Waals surface area (Å²) in [4.78, 5) is 1.40. The summed E-state index contributed by atoms with van der Waals surface area (Å²) in [5, 5.41) is 3.66. The van der Waals surface area contributed by atoms with E-state index >= 15 is 0 Å². The van der Waals surface area contributed by atoms with Crippen molar-refractivity contribution in [1.29, 1.82) is 0 Å². The van der Waals surface area contributed by atoms with Gasteiger partial charge in [-0.25, -0.2) is 0 Å². The fraction of sp³-hybridized carbons (Fsp3) is 0.444. The Balaban J connectivity index is 2.59. The first-order chi connectivity index (χ1) is 7.43. The number of fused-ring (bicyclic) bond motifs is 1. The molecular formula is C9H10F3N3S. The van der Waals surface area contributed by atoms with Crippen LogP contribution in [-0.2, 0) is 19.6 Å². The molecule has 0 atom stereocenters. The third kappa shape index (κ3) is 1.80. The van der Waals surface area contributed by atoms with Gasteiger partial charge in [0.15, 0.2) is 5.69 Å². The summed E-state index contributed by atoms with van der Waals surface area (Å²) in [5.74, 6) is 0. The van der Waals surface area contributed by atoms with Gasteiger partial charge in [0.1, 0.15) is 4.83 Å². The van der Waals surface area contributed by atoms with Gasteiger partial charge in [0.05, 0.1) is 0 Å². The van der Waals surface area contributed by atoms with Crippen LogP contribution in [0.15, 0.2) is 6.07 Å². The SMILES string of the molecule is Cn1nc(C(F)(F)F)c2cc(CCN)sc21. The van der Waals surface area contributed by atoms with Crippen LogP contribution in [0.1, 0.15) is 10.6 Å². The van der Waals surface area contributed by atoms with E-state index in [1.54, 1.807) is 0 Å². The standard InChI is InChI=1S/C9H10F3N3S/c1-15-8-6(4-5(16-8)2-3-13)7(14-15)9(10,11)12/h4H,2-3,13H2,1H3. The zero-order chi connectivity index (χ0) is 11.9. The molecule has 88 valence electrons. The molecule has 0 amide bonds. The van der Waals surface area contributed by atoms with Crippen molar-refractivity contribution in [2.45, 2.75) is 12.6 Å². The molecule has 0 saturated heterocycles. The largest absolute Gasteiger partial charge is 0.435 e. The number of aromatic nitrogens is 2. The molecule has 2 heterocycles. The fourth-order valence-corrected chi connectivity index (χ4v) is 2.65. The van der Waals surface area contributed by atoms with E-state index in [2.05, 4.69) is 5.10 Å². The van der Waals surface area contributed by atoms with Crippen molar-refractivity contribution in [3.05, 3.63) is 16.6 Å². The molecule has 7 heteroatoms. The number of halogens is 3. The van der Waals surface area contributed by atoms with Gasteiger partial charge in [0, 0.05) is 17.3 Å². The van der Waals surface area contributed by atoms with E-state index in [1.165, 1.54) is 29.1 Å². The van der Waals surface area contributed by atoms with Crippen LogP contribution in [0, 0.1) is 0 Å². The van der Waals surface area contributed by atoms with Crippen LogP contribution in [0.3, 0.4) is 0 Å². The molecule has 3 nitrogen and oxygen atoms in total. The lowest BCUT2D eigenvalue weighted by molar-refractivity contribution is -0.140. The third-order valence-corrected chi connectivity index (χ3v) is 3.48. The van der Waals surface area contributed by atoms with Crippen LogP contribution >= 0.6 is 11.3 Å². The van der Waals surface area contributed by atoms with Crippen LogP contribution in [0.4, 0.5) is 13.2 Å². The average Bonchev–Trinajstić information content (AvgIpc) is 2.66. The minimum absolute atomic E-state index is 0.170. The van der Waals surface area contributed by atoms with Crippen molar-refractivity contribution < 1.29 is 13.2 Å². The zero-order valence-corrected chi connectivity index (χ0v) is 9.32. The van der Waals surface area contributed by atoms with Gasteiger partial charge in [-0.3, -0.25) is 4.68 Å². The van der Waals surface area contributed by atoms with Gasteiger partial charge in [-0.1, -0.05) is 0 Å². The maximum absolute atomic E-state index is 12.6. The molecule has 2 aromatic rings. The van der Waals surface area contributed by atoms with Crippen molar-refractivity contribution in [3.8, 4) is 0 Å². The van der Waals surface area contributed by atoms with Gasteiger partial charge in [-0.05, 0) is 19.0 Å². The summed E-state index contributed by atoms with van der Waals surface area (Å²) in [6, 6.07) is 1.53. The molecule has 0 aliphatic carbocycles. The Hall–Kier alpha value is -1.08. The van der Waals surface area contributed by atoms with Gasteiger partial charge in [-0.15, -0.1) is 11.3 Å². The minimum Gasteiger partial charge on any atom is -0.330 e. The van der Waals surface area contributed by atoms with Gasteiger partial charge in [-0.2, -0.15) is 18.3 Å². The van der Waals surface area contributed by atoms with Crippen molar-refractivity contribution in [3.63, 3.8) is 0 Å². The monoisotopic (exact) mass is 249 g/mol. The maximum atomic E-state index is 12.6. The Kier molecular flexibility index (Phi) is 2.67. The molecule has 0 spiro atoms. The first-order valence-electron chi connectivity index (χ1n) is 4.66. The van der Waals surface area contributed by atoms with Gasteiger partial charge >= 0.3 is 6.18 Å². The van der Waals surface area contributed by atoms with E-state index in [-0.39, 0.29) is 5.39 Å². The molecule has 0 aromatic carbocycles. The molecule has 0 saturated carbocycles. The Morgan fingerprint density at radius 1 is 1.50 bits per heavy atom. The topological polar surface area (TPSA) is 43.8 Å². The second kappa shape index (κ2) is 3.74. The molecule has 0 radical (unpaired) electrons. The summed E-state index contributed by atoms with van der Waals surface area (Å²) < 4.78 is 39.2. The summed E-state index contributed by atoms with van der Waals surface area (Å²) in [6.07, 6.45) is -3.81. The van der Waals surface area contributed by atoms with E-state index in [1.807, 2.05) is 0 Å². The van der Waals surface area contributed by atoms with E-state index in [0.29, 0.717) is 17.8 Å². The Morgan fingerprint density at radius 2 is 2.19 bits per heavy atom. The second-order valence-corrected chi connectivity index (χ2v) is 4.56. The lowest BCUT2D eigenvalue weighted by atomic mass is 10.2. The number of nitrogens with two attached hydrogens (primary N) is 1. The highest BCUT2D eigenvalue weighted by Gasteiger charge is 2.37. The summed E-state index contributed by atoms with van der Waals surface area (Å²) in [7, 11) is 1.51. The predicted octanol–water partition coefficient (Wildman–Crippen LogP) is 2.15. The van der Waals surface area contributed by atoms with E-state index < -0.39 is 11.9 Å². The number of alkyl halides is 3. The zero-order valence-electron chi connectivity index (χ0n) is 8.51. The molecule has 2 N–H and O–H groups in total. The summed E-state index contributed by atoms with van der Waals surface area (Å²) >= 11 is 1.31. The smallest absolute Gasteiger partial charge is 0.330 e. The molecule has 0 bridgehead atoms. The predicted molar refractivity (Wildman–Crippen MR) is 56.4 cm³/mol. The van der Waals surface area contributed by atoms with Crippen LogP contribution < -0.4 is 5.73 Å². The number of hydrogen-bond acceptors (Lipinski definition) is 3. The van der Waals surface area contributed by atoms with Crippen molar-refractivity contribution in [2.75, 3.05) is 6.54 Å². The molecule has 0 unspecified atom stereocenters. The van der Waals surface area contributed by atoms with Crippen molar-refractivity contribution in [2.24, 2.45) is 12.8 Å². The first kappa shape index (κ1) is 11.4. The van der Waals surface area contributed by atoms with Crippen LogP contribution in [0.2, 0.25) is 0 Å². The minimum atomic E-state index is -4.40. The van der Waals surface area contributed by atoms with Gasteiger partial charge in [0.2, 0.25) is 0 Å². The van der Waals surface area contributed by atoms with Crippen molar-refractivity contribution in [1.82, 2.24) is 9.78 Å². The second-order valence-electron chi connectivity index (χ2n) is 3.44. The maximum Gasteiger partial charge on any atom is 0.435 e. The molecule has 0 aliphatic rings. The lowest BCUT2D eigenvalue weighted by Gasteiger charge is -2.01. The highest BCUT2D eigenvalue weighted by molar-refractivity contribution is 7.18. The molecule has 2 aromatic heterocycles. The molecule has 0 fully saturated rings. The van der Waals surface area contributed by atoms with E-state index in [4.69, 9.17) is 5.73 Å². The number of nitrogens with zero attached hydrogens (tertiary/aromatic N) is 2. The summed E-state index contributed by atoms with van der Waals surface area (Å²) in [5.41, 5.74) is 4.56. The van der Waals surface area contributed by atoms with Crippen LogP contribution in [0.5, 0.6) is 0 Å². The van der Waals surface area contributed by atoms with E-state index in [9.17, 15) is 13.2 Å². The molecule has 16 heavy (non-hydrogen) atoms. The normalized spacial score (nSPS) is 12.6. The van der Waals surface area contributed by atoms with Crippen LogP contribution in [0.25, 0.3) is 10.2 Å². The van der Waals surface area contributed by atoms with Gasteiger partial charge in [0.25, 0.3) is 0 Å². The molecule has 0 aliphatic heterocycles. The van der Waals surface area contributed by atoms with Crippen LogP contribution in [-0.4, -0.2) is 16.3 Å². The van der Waals surface area contributed by atoms with Crippen molar-refractivity contribution >= 4 is 21.6 Å². The first-order valence-corrected chi connectivity index (χ1v) is 5.48. The quantitative estimate of drug-likeness (QED) is 0.886. The Labute approximate surface area is 93.7 Å². The Bertz CT molecular complexity index is 512. The fourth-order valence-electron chi connectivity index (χ4n) is 1.57. The van der Waals surface area contributed by atoms with Gasteiger partial charge < -0.3 is 5.73 Å². The lowest BCUT2D eigenvalue weighted by Crippen LogP contribution is -2.07.